The molecule has 1 aliphatic rings. The van der Waals surface area contributed by atoms with Gasteiger partial charge >= 0.3 is 0 Å². The van der Waals surface area contributed by atoms with E-state index in [1.165, 1.54) is 17.1 Å². The van der Waals surface area contributed by atoms with Gasteiger partial charge in [-0.15, -0.1) is 5.10 Å². The molecule has 0 aliphatic carbocycles. The average Bonchev–Trinajstić information content (AvgIpc) is 3.62. The molecule has 0 saturated heterocycles. The van der Waals surface area contributed by atoms with Crippen molar-refractivity contribution in [1.82, 2.24) is 34.3 Å². The summed E-state index contributed by atoms with van der Waals surface area (Å²) in [5.41, 5.74) is 3.50. The third kappa shape index (κ3) is 5.57. The predicted octanol–water partition coefficient (Wildman–Crippen LogP) is 5.83. The van der Waals surface area contributed by atoms with E-state index in [9.17, 15) is 18.4 Å². The number of fused-ring (bicyclic) bond motifs is 4. The van der Waals surface area contributed by atoms with E-state index in [1.807, 2.05) is 38.2 Å². The van der Waals surface area contributed by atoms with E-state index in [0.29, 0.717) is 46.9 Å². The summed E-state index contributed by atoms with van der Waals surface area (Å²) in [6, 6.07) is 13.7. The van der Waals surface area contributed by atoms with Crippen LogP contribution in [0.5, 0.6) is 0 Å². The van der Waals surface area contributed by atoms with E-state index in [2.05, 4.69) is 25.7 Å². The van der Waals surface area contributed by atoms with Crippen LogP contribution in [0.4, 0.5) is 14.5 Å². The van der Waals surface area contributed by atoms with Crippen LogP contribution in [0.15, 0.2) is 72.0 Å². The molecule has 1 aliphatic heterocycles. The van der Waals surface area contributed by atoms with Gasteiger partial charge in [0.15, 0.2) is 0 Å². The number of rotatable bonds is 4. The van der Waals surface area contributed by atoms with Crippen LogP contribution in [0.2, 0.25) is 5.02 Å². The number of hydrogen-bond acceptors (Lipinski definition) is 6. The Balaban J connectivity index is 1.42. The Hall–Kier alpha value is -4.71. The number of hydrogen-bond donors (Lipinski definition) is 1. The number of anilines is 1. The van der Waals surface area contributed by atoms with Gasteiger partial charge in [0.25, 0.3) is 12.0 Å². The lowest BCUT2D eigenvalue weighted by atomic mass is 9.94. The quantitative estimate of drug-likeness (QED) is 0.276. The van der Waals surface area contributed by atoms with Crippen molar-refractivity contribution in [3.05, 3.63) is 93.9 Å². The van der Waals surface area contributed by atoms with Crippen molar-refractivity contribution in [2.75, 3.05) is 5.32 Å². The Morgan fingerprint density at radius 1 is 1.09 bits per heavy atom. The van der Waals surface area contributed by atoms with E-state index in [1.54, 1.807) is 33.6 Å². The molecule has 2 atom stereocenters. The molecule has 2 bridgehead atoms. The minimum atomic E-state index is -2.78. The monoisotopic (exact) mass is 604 g/mol. The van der Waals surface area contributed by atoms with Gasteiger partial charge in [0.2, 0.25) is 5.91 Å². The van der Waals surface area contributed by atoms with Crippen LogP contribution in [0.25, 0.3) is 28.2 Å². The number of benzene rings is 2. The molecule has 3 aromatic heterocycles. The fourth-order valence-electron chi connectivity index (χ4n) is 5.43. The molecule has 0 saturated carbocycles. The number of halogens is 3. The zero-order valence-electron chi connectivity index (χ0n) is 23.3. The number of amides is 1. The number of nitrogens with zero attached hydrogens (tertiary/aromatic N) is 7. The summed E-state index contributed by atoms with van der Waals surface area (Å²) in [6.45, 7) is 1.88. The first-order valence-electron chi connectivity index (χ1n) is 13.7. The maximum atomic E-state index is 13.7. The smallest absolute Gasteiger partial charge is 0.283 e. The Labute approximate surface area is 249 Å². The maximum Gasteiger partial charge on any atom is 0.283 e. The van der Waals surface area contributed by atoms with Crippen molar-refractivity contribution in [3.8, 4) is 28.2 Å². The summed E-state index contributed by atoms with van der Waals surface area (Å²) >= 11 is 6.28. The summed E-state index contributed by atoms with van der Waals surface area (Å²) in [6.07, 6.45) is 3.39. The van der Waals surface area contributed by atoms with Gasteiger partial charge < -0.3 is 5.32 Å². The molecule has 10 nitrogen and oxygen atoms in total. The van der Waals surface area contributed by atoms with Crippen molar-refractivity contribution < 1.29 is 13.6 Å². The topological polar surface area (TPSA) is 113 Å². The van der Waals surface area contributed by atoms with Crippen LogP contribution in [0.3, 0.4) is 0 Å². The highest BCUT2D eigenvalue weighted by Crippen LogP contribution is 2.34. The molecular formula is C30H27ClF2N8O2. The molecule has 1 N–H and O–H groups in total. The third-order valence-electron chi connectivity index (χ3n) is 7.69. The number of nitrogens with one attached hydrogen (secondary N) is 1. The molecule has 2 aromatic carbocycles. The van der Waals surface area contributed by atoms with Crippen molar-refractivity contribution in [1.29, 1.82) is 0 Å². The molecule has 1 amide bonds. The summed E-state index contributed by atoms with van der Waals surface area (Å²) in [5.74, 6) is -0.330. The summed E-state index contributed by atoms with van der Waals surface area (Å²) < 4.78 is 30.9. The van der Waals surface area contributed by atoms with Gasteiger partial charge in [-0.25, -0.2) is 18.4 Å². The van der Waals surface area contributed by atoms with Gasteiger partial charge in [0, 0.05) is 35.2 Å². The summed E-state index contributed by atoms with van der Waals surface area (Å²) in [7, 11) is 1.81. The van der Waals surface area contributed by atoms with Crippen molar-refractivity contribution in [3.63, 3.8) is 0 Å². The predicted molar refractivity (Wildman–Crippen MR) is 157 cm³/mol. The second kappa shape index (κ2) is 11.5. The van der Waals surface area contributed by atoms with Crippen LogP contribution in [0.1, 0.15) is 49.9 Å². The molecule has 13 heteroatoms. The summed E-state index contributed by atoms with van der Waals surface area (Å²) in [4.78, 5) is 31.2. The second-order valence-corrected chi connectivity index (χ2v) is 11.0. The van der Waals surface area contributed by atoms with Crippen LogP contribution in [-0.2, 0) is 11.8 Å². The first-order valence-corrected chi connectivity index (χ1v) is 14.1. The van der Waals surface area contributed by atoms with E-state index in [0.717, 1.165) is 23.0 Å². The number of aryl methyl sites for hydroxylation is 1. The van der Waals surface area contributed by atoms with Crippen LogP contribution in [-0.4, -0.2) is 40.2 Å². The highest BCUT2D eigenvalue weighted by atomic mass is 35.5. The van der Waals surface area contributed by atoms with Crippen LogP contribution in [0, 0.1) is 5.92 Å². The fraction of sp³-hybridized carbons (Fsp3) is 0.267. The average molecular weight is 605 g/mol. The van der Waals surface area contributed by atoms with E-state index >= 15 is 0 Å². The zero-order chi connectivity index (χ0) is 30.2. The first-order chi connectivity index (χ1) is 20.7. The zero-order valence-corrected chi connectivity index (χ0v) is 24.0. The number of carbonyl (C=O) groups is 1. The minimum Gasteiger partial charge on any atom is -0.323 e. The SMILES string of the molecule is C[C@@H]1CCC[C@H](n2cnc(-c3cc(Cl)ccc3-n3cc(C(F)F)nn3)cc2=O)c2cccc(c2)-c2c(cnn2C)NC1=O. The lowest BCUT2D eigenvalue weighted by molar-refractivity contribution is -0.119. The van der Waals surface area contributed by atoms with Crippen molar-refractivity contribution in [2.24, 2.45) is 13.0 Å². The normalized spacial score (nSPS) is 17.2. The van der Waals surface area contributed by atoms with Crippen LogP contribution >= 0.6 is 11.6 Å². The van der Waals surface area contributed by atoms with Crippen molar-refractivity contribution in [2.45, 2.75) is 38.7 Å². The van der Waals surface area contributed by atoms with E-state index < -0.39 is 12.1 Å². The third-order valence-corrected chi connectivity index (χ3v) is 7.93. The molecule has 6 rings (SSSR count). The molecular weight excluding hydrogens is 578 g/mol. The Morgan fingerprint density at radius 2 is 1.93 bits per heavy atom. The maximum absolute atomic E-state index is 13.7. The highest BCUT2D eigenvalue weighted by Gasteiger charge is 2.24. The molecule has 4 heterocycles. The summed E-state index contributed by atoms with van der Waals surface area (Å²) in [5, 5.41) is 15.1. The molecule has 5 aromatic rings. The Kier molecular flexibility index (Phi) is 7.61. The van der Waals surface area contributed by atoms with Gasteiger partial charge in [-0.3, -0.25) is 18.8 Å². The lowest BCUT2D eigenvalue weighted by Crippen LogP contribution is -2.26. The van der Waals surface area contributed by atoms with Crippen LogP contribution < -0.4 is 10.9 Å². The Bertz CT molecular complexity index is 1880. The molecule has 220 valence electrons. The molecule has 43 heavy (non-hydrogen) atoms. The number of aromatic nitrogens is 7. The lowest BCUT2D eigenvalue weighted by Gasteiger charge is -2.23. The van der Waals surface area contributed by atoms with Gasteiger partial charge in [0.05, 0.1) is 47.5 Å². The first kappa shape index (κ1) is 28.4. The van der Waals surface area contributed by atoms with Gasteiger partial charge in [0.1, 0.15) is 5.69 Å². The molecule has 0 fully saturated rings. The van der Waals surface area contributed by atoms with Gasteiger partial charge in [-0.05, 0) is 42.7 Å². The van der Waals surface area contributed by atoms with Crippen molar-refractivity contribution >= 4 is 23.2 Å². The Morgan fingerprint density at radius 3 is 2.70 bits per heavy atom. The minimum absolute atomic E-state index is 0.0870. The highest BCUT2D eigenvalue weighted by molar-refractivity contribution is 6.31. The van der Waals surface area contributed by atoms with E-state index in [4.69, 9.17) is 11.6 Å². The largest absolute Gasteiger partial charge is 0.323 e. The molecule has 0 unspecified atom stereocenters. The molecule has 0 spiro atoms. The molecule has 0 radical (unpaired) electrons. The second-order valence-electron chi connectivity index (χ2n) is 10.6. The van der Waals surface area contributed by atoms with Gasteiger partial charge in [-0.2, -0.15) is 5.10 Å². The standard InChI is InChI=1S/C30H27ClF2N8O2/c1-17-5-3-8-25(18-6-4-7-19(11-18)28-23(36-30(17)43)14-35-39(28)2)40-16-34-22(13-27(40)42)21-12-20(31)9-10-26(21)41-15-24(29(32)33)37-38-41/h4,6-7,9-17,25,29H,3,5,8H2,1-2H3,(H,36,43)/t17-,25+/m1/s1. The van der Waals surface area contributed by atoms with E-state index in [-0.39, 0.29) is 23.4 Å². The number of alkyl halides is 2. The number of carbonyl (C=O) groups excluding carboxylic acids is 1. The fourth-order valence-corrected chi connectivity index (χ4v) is 5.61. The van der Waals surface area contributed by atoms with Gasteiger partial charge in [-0.1, -0.05) is 48.4 Å².